The predicted molar refractivity (Wildman–Crippen MR) is 138 cm³/mol. The minimum absolute atomic E-state index is 0.0401. The van der Waals surface area contributed by atoms with E-state index < -0.39 is 12.2 Å². The van der Waals surface area contributed by atoms with Gasteiger partial charge in [0.2, 0.25) is 5.91 Å². The molecule has 1 saturated heterocycles. The molecule has 0 aliphatic carbocycles. The fraction of sp³-hybridized carbons (Fsp3) is 0.538. The number of carboxylic acid groups (broad SMARTS) is 1. The number of amides is 3. The van der Waals surface area contributed by atoms with Gasteiger partial charge in [-0.3, -0.25) is 14.4 Å². The van der Waals surface area contributed by atoms with Gasteiger partial charge in [-0.2, -0.15) is 5.10 Å². The van der Waals surface area contributed by atoms with E-state index in [4.69, 9.17) is 9.84 Å². The molecule has 2 aliphatic rings. The van der Waals surface area contributed by atoms with Crippen LogP contribution in [-0.4, -0.2) is 87.7 Å². The number of alkyl carbamates (subject to hydrolysis) is 1. The number of aromatic nitrogens is 2. The molecular weight excluding hydrogens is 476 g/mol. The van der Waals surface area contributed by atoms with Gasteiger partial charge in [-0.1, -0.05) is 6.07 Å². The quantitative estimate of drug-likeness (QED) is 0.610. The molecule has 11 nitrogen and oxygen atoms in total. The van der Waals surface area contributed by atoms with E-state index in [0.29, 0.717) is 39.1 Å². The van der Waals surface area contributed by atoms with Crippen molar-refractivity contribution >= 4 is 23.8 Å². The topological polar surface area (TPSA) is 120 Å². The Labute approximate surface area is 217 Å². The molecule has 200 valence electrons. The fourth-order valence-corrected chi connectivity index (χ4v) is 5.09. The second-order valence-corrected chi connectivity index (χ2v) is 10.0. The fourth-order valence-electron chi connectivity index (χ4n) is 5.09. The van der Waals surface area contributed by atoms with Crippen LogP contribution in [0.25, 0.3) is 11.1 Å². The van der Waals surface area contributed by atoms with E-state index in [9.17, 15) is 14.4 Å². The largest absolute Gasteiger partial charge is 0.465 e. The maximum atomic E-state index is 12.4. The second kappa shape index (κ2) is 11.2. The van der Waals surface area contributed by atoms with Crippen LogP contribution >= 0.6 is 0 Å². The molecule has 1 aromatic heterocycles. The Kier molecular flexibility index (Phi) is 8.01. The maximum absolute atomic E-state index is 12.4. The van der Waals surface area contributed by atoms with Gasteiger partial charge in [-0.05, 0) is 50.5 Å². The molecule has 2 aromatic rings. The first kappa shape index (κ1) is 26.5. The average Bonchev–Trinajstić information content (AvgIpc) is 3.31. The van der Waals surface area contributed by atoms with Crippen molar-refractivity contribution in [3.05, 3.63) is 36.2 Å². The highest BCUT2D eigenvalue weighted by atomic mass is 16.6. The summed E-state index contributed by atoms with van der Waals surface area (Å²) in [6.45, 7) is 11.1. The first-order valence-corrected chi connectivity index (χ1v) is 12.8. The number of anilines is 1. The molecule has 3 heterocycles. The summed E-state index contributed by atoms with van der Waals surface area (Å²) in [7, 11) is 0. The van der Waals surface area contributed by atoms with Crippen LogP contribution in [0.3, 0.4) is 0 Å². The minimum Gasteiger partial charge on any atom is -0.465 e. The van der Waals surface area contributed by atoms with Crippen LogP contribution in [0, 0.1) is 0 Å². The molecule has 37 heavy (non-hydrogen) atoms. The Morgan fingerprint density at radius 3 is 2.51 bits per heavy atom. The van der Waals surface area contributed by atoms with E-state index in [1.165, 1.54) is 4.90 Å². The van der Waals surface area contributed by atoms with E-state index in [-0.39, 0.29) is 24.1 Å². The zero-order valence-electron chi connectivity index (χ0n) is 21.9. The maximum Gasteiger partial charge on any atom is 0.407 e. The van der Waals surface area contributed by atoms with E-state index >= 15 is 0 Å². The van der Waals surface area contributed by atoms with Gasteiger partial charge in [0.05, 0.1) is 24.9 Å². The first-order chi connectivity index (χ1) is 17.6. The van der Waals surface area contributed by atoms with Crippen LogP contribution in [0.5, 0.6) is 0 Å². The van der Waals surface area contributed by atoms with E-state index in [1.54, 1.807) is 25.7 Å². The monoisotopic (exact) mass is 512 g/mol. The van der Waals surface area contributed by atoms with Crippen LogP contribution < -0.4 is 10.2 Å². The Bertz CT molecular complexity index is 1140. The molecule has 0 spiro atoms. The molecule has 0 bridgehead atoms. The van der Waals surface area contributed by atoms with E-state index in [2.05, 4.69) is 15.3 Å². The molecule has 1 fully saturated rings. The Morgan fingerprint density at radius 2 is 1.86 bits per heavy atom. The molecule has 0 saturated carbocycles. The van der Waals surface area contributed by atoms with Crippen LogP contribution in [0.1, 0.15) is 45.7 Å². The number of hydrogen-bond donors (Lipinski definition) is 2. The molecule has 4 rings (SSSR count). The number of fused-ring (bicyclic) bond motifs is 1. The number of hydrogen-bond acceptors (Lipinski definition) is 6. The average molecular weight is 513 g/mol. The number of rotatable bonds is 6. The molecule has 11 heteroatoms. The first-order valence-electron chi connectivity index (χ1n) is 12.8. The van der Waals surface area contributed by atoms with Crippen molar-refractivity contribution in [1.82, 2.24) is 24.9 Å². The molecule has 2 aliphatic heterocycles. The molecule has 2 N–H and O–H groups in total. The number of carbonyl (C=O) groups excluding carboxylic acids is 2. The third-order valence-electron chi connectivity index (χ3n) is 6.91. The van der Waals surface area contributed by atoms with Gasteiger partial charge in [0.15, 0.2) is 0 Å². The Morgan fingerprint density at radius 1 is 1.14 bits per heavy atom. The van der Waals surface area contributed by atoms with Crippen LogP contribution in [0.15, 0.2) is 30.6 Å². The van der Waals surface area contributed by atoms with Gasteiger partial charge in [-0.15, -0.1) is 0 Å². The van der Waals surface area contributed by atoms with Gasteiger partial charge in [0.25, 0.3) is 0 Å². The van der Waals surface area contributed by atoms with E-state index in [0.717, 1.165) is 28.9 Å². The molecule has 2 atom stereocenters. The molecule has 3 amide bonds. The summed E-state index contributed by atoms with van der Waals surface area (Å²) in [5, 5.41) is 16.6. The molecule has 0 radical (unpaired) electrons. The lowest BCUT2D eigenvalue weighted by Crippen LogP contribution is -2.48. The lowest BCUT2D eigenvalue weighted by atomic mass is 9.89. The van der Waals surface area contributed by atoms with Gasteiger partial charge in [-0.25, -0.2) is 9.59 Å². The molecule has 1 aromatic carbocycles. The highest BCUT2D eigenvalue weighted by Crippen LogP contribution is 2.39. The van der Waals surface area contributed by atoms with Crippen molar-refractivity contribution in [3.8, 4) is 11.1 Å². The smallest absolute Gasteiger partial charge is 0.407 e. The lowest BCUT2D eigenvalue weighted by Gasteiger charge is -2.39. The Balaban J connectivity index is 1.49. The van der Waals surface area contributed by atoms with Crippen LogP contribution in [0.4, 0.5) is 15.3 Å². The zero-order valence-corrected chi connectivity index (χ0v) is 21.9. The summed E-state index contributed by atoms with van der Waals surface area (Å²) in [6.07, 6.45) is 2.81. The zero-order chi connectivity index (χ0) is 26.7. The van der Waals surface area contributed by atoms with Crippen molar-refractivity contribution in [2.24, 2.45) is 0 Å². The lowest BCUT2D eigenvalue weighted by molar-refractivity contribution is -0.117. The molecule has 0 unspecified atom stereocenters. The van der Waals surface area contributed by atoms with Crippen molar-refractivity contribution in [2.75, 3.05) is 37.6 Å². The molecular formula is C26H36N6O5. The summed E-state index contributed by atoms with van der Waals surface area (Å²) >= 11 is 0. The van der Waals surface area contributed by atoms with Crippen molar-refractivity contribution < 1.29 is 24.2 Å². The Hall–Kier alpha value is -3.60. The van der Waals surface area contributed by atoms with Crippen LogP contribution in [-0.2, 0) is 16.1 Å². The number of benzene rings is 1. The second-order valence-electron chi connectivity index (χ2n) is 10.0. The minimum atomic E-state index is -0.864. The predicted octanol–water partition coefficient (Wildman–Crippen LogP) is 3.17. The van der Waals surface area contributed by atoms with Gasteiger partial charge >= 0.3 is 12.2 Å². The van der Waals surface area contributed by atoms with Gasteiger partial charge < -0.3 is 25.0 Å². The number of carbonyl (C=O) groups is 3. The van der Waals surface area contributed by atoms with E-state index in [1.807, 2.05) is 42.2 Å². The summed E-state index contributed by atoms with van der Waals surface area (Å²) < 4.78 is 7.20. The third kappa shape index (κ3) is 6.22. The van der Waals surface area contributed by atoms with Gasteiger partial charge in [0.1, 0.15) is 0 Å². The summed E-state index contributed by atoms with van der Waals surface area (Å²) in [5.41, 5.74) is 3.55. The summed E-state index contributed by atoms with van der Waals surface area (Å²) in [6, 6.07) is 5.57. The highest BCUT2D eigenvalue weighted by molar-refractivity contribution is 5.94. The van der Waals surface area contributed by atoms with Crippen molar-refractivity contribution in [2.45, 2.75) is 58.8 Å². The highest BCUT2D eigenvalue weighted by Gasteiger charge is 2.34. The van der Waals surface area contributed by atoms with Crippen LogP contribution in [0.2, 0.25) is 0 Å². The standard InChI is InChI=1S/C26H36N6O5/c1-17(2)37-25(34)28-23-13-18(3)32(19(4)33)24-6-5-20(14-22(23)24)21-15-27-31(16-21)12-9-29-7-10-30(11-8-29)26(35)36/h5-6,14-18,23H,7-13H2,1-4H3,(H,28,34)(H,35,36)/t18-,23+/m1/s1. The number of nitrogens with zero attached hydrogens (tertiary/aromatic N) is 5. The number of nitrogens with one attached hydrogen (secondary N) is 1. The summed E-state index contributed by atoms with van der Waals surface area (Å²) in [5.74, 6) is -0.0401. The van der Waals surface area contributed by atoms with Gasteiger partial charge in [0, 0.05) is 63.1 Å². The SMILES string of the molecule is CC(=O)N1c2ccc(-c3cnn(CCN4CCN(C(=O)O)CC4)c3)cc2[C@@H](NC(=O)OC(C)C)C[C@H]1C. The number of ether oxygens (including phenoxy) is 1. The normalized spacial score (nSPS) is 20.0. The van der Waals surface area contributed by atoms with Crippen molar-refractivity contribution in [3.63, 3.8) is 0 Å². The number of piperazine rings is 1. The van der Waals surface area contributed by atoms with Crippen molar-refractivity contribution in [1.29, 1.82) is 0 Å². The third-order valence-corrected chi connectivity index (χ3v) is 6.91. The summed E-state index contributed by atoms with van der Waals surface area (Å²) in [4.78, 5) is 41.4.